The van der Waals surface area contributed by atoms with Crippen LogP contribution in [0, 0.1) is 11.8 Å². The molecule has 0 aromatic heterocycles. The standard InChI is InChI=1S/C19H27NO4/c1-14(11-16-5-3-4-6-17(16)24-2)12-18(21)20-9-7-15(8-10-20)13-19(22)23/h3-6,14-15H,7-13H2,1-2H3,(H,22,23). The molecule has 0 spiro atoms. The second-order valence-electron chi connectivity index (χ2n) is 6.75. The van der Waals surface area contributed by atoms with Crippen molar-refractivity contribution in [2.45, 2.75) is 39.0 Å². The first-order chi connectivity index (χ1) is 11.5. The van der Waals surface area contributed by atoms with Crippen LogP contribution in [0.4, 0.5) is 0 Å². The van der Waals surface area contributed by atoms with Crippen LogP contribution in [-0.4, -0.2) is 42.1 Å². The lowest BCUT2D eigenvalue weighted by Gasteiger charge is -2.32. The number of benzene rings is 1. The Morgan fingerprint density at radius 1 is 1.29 bits per heavy atom. The molecule has 5 nitrogen and oxygen atoms in total. The van der Waals surface area contributed by atoms with E-state index in [1.54, 1.807) is 7.11 Å². The zero-order valence-corrected chi connectivity index (χ0v) is 14.5. The quantitative estimate of drug-likeness (QED) is 0.833. The molecule has 1 aliphatic heterocycles. The summed E-state index contributed by atoms with van der Waals surface area (Å²) < 4.78 is 5.37. The number of carbonyl (C=O) groups excluding carboxylic acids is 1. The van der Waals surface area contributed by atoms with Gasteiger partial charge in [0.25, 0.3) is 0 Å². The molecule has 0 bridgehead atoms. The number of likely N-dealkylation sites (tertiary alicyclic amines) is 1. The minimum Gasteiger partial charge on any atom is -0.496 e. The monoisotopic (exact) mass is 333 g/mol. The Labute approximate surface area is 143 Å². The molecule has 1 aromatic rings. The highest BCUT2D eigenvalue weighted by molar-refractivity contribution is 5.76. The second-order valence-corrected chi connectivity index (χ2v) is 6.75. The fraction of sp³-hybridized carbons (Fsp3) is 0.579. The van der Waals surface area contributed by atoms with Crippen LogP contribution >= 0.6 is 0 Å². The zero-order chi connectivity index (χ0) is 17.5. The van der Waals surface area contributed by atoms with Crippen molar-refractivity contribution in [1.82, 2.24) is 4.90 Å². The van der Waals surface area contributed by atoms with Crippen molar-refractivity contribution in [2.75, 3.05) is 20.2 Å². The van der Waals surface area contributed by atoms with E-state index < -0.39 is 5.97 Å². The van der Waals surface area contributed by atoms with Crippen LogP contribution in [0.25, 0.3) is 0 Å². The van der Waals surface area contributed by atoms with Crippen molar-refractivity contribution in [1.29, 1.82) is 0 Å². The highest BCUT2D eigenvalue weighted by Gasteiger charge is 2.25. The molecule has 132 valence electrons. The molecule has 1 aromatic carbocycles. The van der Waals surface area contributed by atoms with E-state index in [0.29, 0.717) is 19.5 Å². The number of carboxylic acids is 1. The van der Waals surface area contributed by atoms with Crippen molar-refractivity contribution < 1.29 is 19.4 Å². The summed E-state index contributed by atoms with van der Waals surface area (Å²) in [5.74, 6) is 0.741. The van der Waals surface area contributed by atoms with Gasteiger partial charge in [0.1, 0.15) is 5.75 Å². The Bertz CT molecular complexity index is 564. The third kappa shape index (κ3) is 5.25. The van der Waals surface area contributed by atoms with Gasteiger partial charge < -0.3 is 14.7 Å². The molecule has 1 fully saturated rings. The normalized spacial score (nSPS) is 16.7. The molecule has 1 heterocycles. The zero-order valence-electron chi connectivity index (χ0n) is 14.5. The van der Waals surface area contributed by atoms with E-state index in [2.05, 4.69) is 6.92 Å². The van der Waals surface area contributed by atoms with Gasteiger partial charge in [-0.1, -0.05) is 25.1 Å². The van der Waals surface area contributed by atoms with Crippen LogP contribution in [0.3, 0.4) is 0 Å². The number of para-hydroxylation sites is 1. The fourth-order valence-corrected chi connectivity index (χ4v) is 3.38. The molecule has 1 saturated heterocycles. The van der Waals surface area contributed by atoms with E-state index >= 15 is 0 Å². The first kappa shape index (κ1) is 18.3. The summed E-state index contributed by atoms with van der Waals surface area (Å²) in [5.41, 5.74) is 1.13. The summed E-state index contributed by atoms with van der Waals surface area (Å²) in [4.78, 5) is 25.1. The maximum Gasteiger partial charge on any atom is 0.303 e. The molecular formula is C19H27NO4. The van der Waals surface area contributed by atoms with Crippen molar-refractivity contribution in [3.05, 3.63) is 29.8 Å². The van der Waals surface area contributed by atoms with Gasteiger partial charge in [0.05, 0.1) is 7.11 Å². The number of amides is 1. The third-order valence-corrected chi connectivity index (χ3v) is 4.71. The second kappa shape index (κ2) is 8.71. The third-order valence-electron chi connectivity index (χ3n) is 4.71. The van der Waals surface area contributed by atoms with Crippen molar-refractivity contribution in [3.8, 4) is 5.75 Å². The van der Waals surface area contributed by atoms with Crippen LogP contribution in [0.1, 0.15) is 38.2 Å². The van der Waals surface area contributed by atoms with E-state index in [1.165, 1.54) is 0 Å². The van der Waals surface area contributed by atoms with E-state index in [-0.39, 0.29) is 24.2 Å². The average Bonchev–Trinajstić information content (AvgIpc) is 2.55. The van der Waals surface area contributed by atoms with E-state index in [1.807, 2.05) is 29.2 Å². The molecule has 1 atom stereocenters. The highest BCUT2D eigenvalue weighted by Crippen LogP contribution is 2.24. The van der Waals surface area contributed by atoms with Crippen molar-refractivity contribution >= 4 is 11.9 Å². The molecule has 5 heteroatoms. The molecule has 24 heavy (non-hydrogen) atoms. The number of carboxylic acid groups (broad SMARTS) is 1. The van der Waals surface area contributed by atoms with Crippen LogP contribution in [-0.2, 0) is 16.0 Å². The van der Waals surface area contributed by atoms with Crippen molar-refractivity contribution in [2.24, 2.45) is 11.8 Å². The Morgan fingerprint density at radius 3 is 2.58 bits per heavy atom. The molecule has 1 amide bonds. The van der Waals surface area contributed by atoms with Crippen LogP contribution in [0.2, 0.25) is 0 Å². The van der Waals surface area contributed by atoms with E-state index in [4.69, 9.17) is 9.84 Å². The van der Waals surface area contributed by atoms with Gasteiger partial charge in [0, 0.05) is 25.9 Å². The summed E-state index contributed by atoms with van der Waals surface area (Å²) in [5, 5.41) is 8.85. The van der Waals surface area contributed by atoms with Gasteiger partial charge in [-0.2, -0.15) is 0 Å². The summed E-state index contributed by atoms with van der Waals surface area (Å²) in [6.07, 6.45) is 3.12. The lowest BCUT2D eigenvalue weighted by Crippen LogP contribution is -2.39. The number of hydrogen-bond donors (Lipinski definition) is 1. The summed E-state index contributed by atoms with van der Waals surface area (Å²) >= 11 is 0. The Balaban J connectivity index is 1.81. The molecule has 0 aliphatic carbocycles. The first-order valence-electron chi connectivity index (χ1n) is 8.61. The maximum absolute atomic E-state index is 12.5. The number of ether oxygens (including phenoxy) is 1. The topological polar surface area (TPSA) is 66.8 Å². The molecule has 2 rings (SSSR count). The fourth-order valence-electron chi connectivity index (χ4n) is 3.38. The van der Waals surface area contributed by atoms with Crippen LogP contribution in [0.15, 0.2) is 24.3 Å². The Kier molecular flexibility index (Phi) is 6.64. The van der Waals surface area contributed by atoms with Crippen molar-refractivity contribution in [3.63, 3.8) is 0 Å². The number of carbonyl (C=O) groups is 2. The van der Waals surface area contributed by atoms with Gasteiger partial charge in [-0.05, 0) is 42.7 Å². The first-order valence-corrected chi connectivity index (χ1v) is 8.61. The minimum absolute atomic E-state index is 0.172. The molecule has 1 aliphatic rings. The molecule has 0 saturated carbocycles. The highest BCUT2D eigenvalue weighted by atomic mass is 16.5. The van der Waals surface area contributed by atoms with Gasteiger partial charge >= 0.3 is 5.97 Å². The van der Waals surface area contributed by atoms with E-state index in [0.717, 1.165) is 30.6 Å². The largest absolute Gasteiger partial charge is 0.496 e. The van der Waals surface area contributed by atoms with Gasteiger partial charge in [0.2, 0.25) is 5.91 Å². The number of methoxy groups -OCH3 is 1. The minimum atomic E-state index is -0.745. The van der Waals surface area contributed by atoms with Gasteiger partial charge in [0.15, 0.2) is 0 Å². The molecule has 0 radical (unpaired) electrons. The summed E-state index contributed by atoms with van der Waals surface area (Å²) in [6, 6.07) is 7.91. The van der Waals surface area contributed by atoms with E-state index in [9.17, 15) is 9.59 Å². The predicted molar refractivity (Wildman–Crippen MR) is 92.0 cm³/mol. The molecular weight excluding hydrogens is 306 g/mol. The maximum atomic E-state index is 12.5. The number of nitrogens with zero attached hydrogens (tertiary/aromatic N) is 1. The average molecular weight is 333 g/mol. The Morgan fingerprint density at radius 2 is 1.96 bits per heavy atom. The number of piperidine rings is 1. The molecule has 1 N–H and O–H groups in total. The Hall–Kier alpha value is -2.04. The lowest BCUT2D eigenvalue weighted by molar-refractivity contribution is -0.138. The number of rotatable bonds is 7. The van der Waals surface area contributed by atoms with Gasteiger partial charge in [-0.25, -0.2) is 0 Å². The number of hydrogen-bond acceptors (Lipinski definition) is 3. The predicted octanol–water partition coefficient (Wildman–Crippen LogP) is 2.98. The lowest BCUT2D eigenvalue weighted by atomic mass is 9.92. The van der Waals surface area contributed by atoms with Gasteiger partial charge in [-0.15, -0.1) is 0 Å². The molecule has 1 unspecified atom stereocenters. The summed E-state index contributed by atoms with van der Waals surface area (Å²) in [7, 11) is 1.66. The van der Waals surface area contributed by atoms with Gasteiger partial charge in [-0.3, -0.25) is 9.59 Å². The smallest absolute Gasteiger partial charge is 0.303 e. The van der Waals surface area contributed by atoms with Crippen LogP contribution in [0.5, 0.6) is 5.75 Å². The number of aliphatic carboxylic acids is 1. The van der Waals surface area contributed by atoms with Crippen LogP contribution < -0.4 is 4.74 Å². The summed E-state index contributed by atoms with van der Waals surface area (Å²) in [6.45, 7) is 3.44. The SMILES string of the molecule is COc1ccccc1CC(C)CC(=O)N1CCC(CC(=O)O)CC1.